The average Bonchev–Trinajstić information content (AvgIpc) is 3.37. The summed E-state index contributed by atoms with van der Waals surface area (Å²) >= 11 is 0. The molecule has 27 nitrogen and oxygen atoms in total. The third-order valence-electron chi connectivity index (χ3n) is 11.7. The summed E-state index contributed by atoms with van der Waals surface area (Å²) in [5.74, 6) is -10.2. The van der Waals surface area contributed by atoms with Gasteiger partial charge in [0.2, 0.25) is 35.4 Å². The fourth-order valence-corrected chi connectivity index (χ4v) is 7.36. The number of hydrogen-bond donors (Lipinski definition) is 11. The van der Waals surface area contributed by atoms with Crippen LogP contribution < -0.4 is 31.9 Å². The van der Waals surface area contributed by atoms with Crippen LogP contribution in [0, 0.1) is 0 Å². The van der Waals surface area contributed by atoms with Crippen molar-refractivity contribution < 1.29 is 102 Å². The minimum Gasteiger partial charge on any atom is -0.481 e. The monoisotopic (exact) mass is 1120 g/mol. The lowest BCUT2D eigenvalue weighted by atomic mass is 10.0. The number of amides is 6. The Hall–Kier alpha value is -6.32. The van der Waals surface area contributed by atoms with E-state index in [1.54, 1.807) is 0 Å². The molecule has 446 valence electrons. The molecule has 4 unspecified atom stereocenters. The molecular weight excluding hydrogens is 1030 g/mol. The molecule has 0 heterocycles. The Morgan fingerprint density at radius 1 is 0.321 bits per heavy atom. The third kappa shape index (κ3) is 43.7. The fourth-order valence-electron chi connectivity index (χ4n) is 7.36. The molecule has 0 aliphatic carbocycles. The van der Waals surface area contributed by atoms with E-state index in [2.05, 4.69) is 31.9 Å². The number of carboxylic acid groups (broad SMARTS) is 5. The number of ether oxygens (including phenoxy) is 4. The molecule has 0 saturated carbocycles. The predicted molar refractivity (Wildman–Crippen MR) is 277 cm³/mol. The second-order valence-corrected chi connectivity index (χ2v) is 18.6. The van der Waals surface area contributed by atoms with Gasteiger partial charge in [0.05, 0.1) is 39.6 Å². The largest absolute Gasteiger partial charge is 0.481 e. The first-order valence-corrected chi connectivity index (χ1v) is 26.9. The van der Waals surface area contributed by atoms with Crippen molar-refractivity contribution in [1.29, 1.82) is 0 Å². The number of nitrogens with one attached hydrogen (secondary N) is 6. The van der Waals surface area contributed by atoms with Gasteiger partial charge in [-0.1, -0.05) is 77.0 Å². The predicted octanol–water partition coefficient (Wildman–Crippen LogP) is 1.60. The van der Waals surface area contributed by atoms with Crippen LogP contribution in [0.3, 0.4) is 0 Å². The van der Waals surface area contributed by atoms with E-state index < -0.39 is 102 Å². The summed E-state index contributed by atoms with van der Waals surface area (Å²) in [6.45, 7) is 0.956. The molecule has 0 aromatic heterocycles. The van der Waals surface area contributed by atoms with Gasteiger partial charge in [0.25, 0.3) is 0 Å². The van der Waals surface area contributed by atoms with Gasteiger partial charge in [-0.15, -0.1) is 0 Å². The molecule has 27 heteroatoms. The zero-order chi connectivity index (χ0) is 58.4. The van der Waals surface area contributed by atoms with Crippen LogP contribution in [0.25, 0.3) is 0 Å². The normalized spacial score (nSPS) is 12.5. The lowest BCUT2D eigenvalue weighted by Crippen LogP contribution is -2.45. The topological polar surface area (TPSA) is 415 Å². The lowest BCUT2D eigenvalue weighted by Gasteiger charge is -2.17. The van der Waals surface area contributed by atoms with Crippen molar-refractivity contribution in [1.82, 2.24) is 31.9 Å². The second-order valence-electron chi connectivity index (χ2n) is 18.6. The van der Waals surface area contributed by atoms with E-state index >= 15 is 0 Å². The summed E-state index contributed by atoms with van der Waals surface area (Å²) in [5.41, 5.74) is 0. The van der Waals surface area contributed by atoms with E-state index in [4.69, 9.17) is 24.1 Å². The van der Waals surface area contributed by atoms with Crippen LogP contribution in [-0.2, 0) is 76.5 Å². The van der Waals surface area contributed by atoms with Crippen molar-refractivity contribution in [3.05, 3.63) is 0 Å². The number of rotatable bonds is 53. The van der Waals surface area contributed by atoms with E-state index in [1.165, 1.54) is 32.6 Å². The summed E-state index contributed by atoms with van der Waals surface area (Å²) in [7, 11) is 0. The van der Waals surface area contributed by atoms with Gasteiger partial charge >= 0.3 is 29.8 Å². The molecule has 0 aliphatic rings. The Kier molecular flexibility index (Phi) is 43.0. The number of Topliss-reactive ketones (excluding diaryl/α,β-unsaturated/α-hetero) is 1. The molecule has 0 aromatic carbocycles. The molecule has 0 fully saturated rings. The minimum absolute atomic E-state index is 0.0333. The molecule has 78 heavy (non-hydrogen) atoms. The van der Waals surface area contributed by atoms with Gasteiger partial charge in [-0.25, -0.2) is 19.2 Å². The van der Waals surface area contributed by atoms with Gasteiger partial charge in [-0.3, -0.25) is 33.6 Å². The maximum Gasteiger partial charge on any atom is 0.326 e. The standard InChI is InChI=1S/C51H86N6O21/c1-36(58)18-19-37(48(67)68)55-43(61)25-22-40(51(73)74)57-46(64)35-78-33-31-76-29-27-53-45(63)34-77-32-30-75-28-26-52-41(59)23-20-38(49(69)70)56-44(62)24-21-39(50(71)72)54-42(60)16-14-12-10-8-6-4-2-3-5-7-9-11-13-15-17-47(65)66/h37-40H,2-35H2,1H3,(H,52,59)(H,53,63)(H,54,60)(H,55,61)(H,56,62)(H,57,64)(H,65,66)(H,67,68)(H,69,70)(H,71,72)(H,73,74). The maximum atomic E-state index is 12.5. The van der Waals surface area contributed by atoms with Crippen LogP contribution in [0.2, 0.25) is 0 Å². The quantitative estimate of drug-likeness (QED) is 0.0385. The first-order chi connectivity index (χ1) is 37.2. The molecule has 0 aliphatic heterocycles. The zero-order valence-electron chi connectivity index (χ0n) is 45.1. The highest BCUT2D eigenvalue weighted by Gasteiger charge is 2.26. The maximum absolute atomic E-state index is 12.5. The highest BCUT2D eigenvalue weighted by molar-refractivity contribution is 5.88. The average molecular weight is 1120 g/mol. The Morgan fingerprint density at radius 2 is 0.615 bits per heavy atom. The number of carbonyl (C=O) groups excluding carboxylic acids is 7. The van der Waals surface area contributed by atoms with Crippen LogP contribution in [0.1, 0.15) is 161 Å². The van der Waals surface area contributed by atoms with E-state index in [0.29, 0.717) is 6.42 Å². The van der Waals surface area contributed by atoms with Gasteiger partial charge in [-0.2, -0.15) is 0 Å². The summed E-state index contributed by atoms with van der Waals surface area (Å²) in [5, 5.41) is 60.7. The fraction of sp³-hybridized carbons (Fsp3) is 0.765. The van der Waals surface area contributed by atoms with E-state index in [1.807, 2.05) is 0 Å². The number of hydrogen-bond acceptors (Lipinski definition) is 16. The zero-order valence-corrected chi connectivity index (χ0v) is 45.1. The molecule has 0 spiro atoms. The summed E-state index contributed by atoms with van der Waals surface area (Å²) in [4.78, 5) is 142. The van der Waals surface area contributed by atoms with E-state index in [9.17, 15) is 78.0 Å². The van der Waals surface area contributed by atoms with Crippen molar-refractivity contribution in [3.8, 4) is 0 Å². The highest BCUT2D eigenvalue weighted by atomic mass is 16.5. The van der Waals surface area contributed by atoms with E-state index in [-0.39, 0.29) is 123 Å². The molecule has 0 saturated heterocycles. The smallest absolute Gasteiger partial charge is 0.326 e. The van der Waals surface area contributed by atoms with Gasteiger partial charge in [0.15, 0.2) is 0 Å². The number of ketones is 1. The molecular formula is C51H86N6O21. The molecule has 6 amide bonds. The first kappa shape index (κ1) is 71.7. The molecule has 0 rings (SSSR count). The van der Waals surface area contributed by atoms with Crippen LogP contribution >= 0.6 is 0 Å². The molecule has 11 N–H and O–H groups in total. The Bertz CT molecular complexity index is 1840. The molecule has 0 aromatic rings. The number of aliphatic carboxylic acids is 5. The van der Waals surface area contributed by atoms with Crippen molar-refractivity contribution >= 4 is 71.1 Å². The number of carbonyl (C=O) groups is 12. The number of carboxylic acids is 5. The first-order valence-electron chi connectivity index (χ1n) is 26.9. The lowest BCUT2D eigenvalue weighted by molar-refractivity contribution is -0.144. The van der Waals surface area contributed by atoms with E-state index in [0.717, 1.165) is 57.8 Å². The van der Waals surface area contributed by atoms with Crippen molar-refractivity contribution in [3.63, 3.8) is 0 Å². The molecule has 0 radical (unpaired) electrons. The van der Waals surface area contributed by atoms with Crippen LogP contribution in [0.15, 0.2) is 0 Å². The molecule has 0 bridgehead atoms. The second kappa shape index (κ2) is 46.7. The van der Waals surface area contributed by atoms with Gasteiger partial charge < -0.3 is 81.2 Å². The minimum atomic E-state index is -1.45. The van der Waals surface area contributed by atoms with Crippen LogP contribution in [-0.4, -0.2) is 187 Å². The Labute approximate surface area is 455 Å². The van der Waals surface area contributed by atoms with Crippen molar-refractivity contribution in [2.24, 2.45) is 0 Å². The van der Waals surface area contributed by atoms with Crippen LogP contribution in [0.5, 0.6) is 0 Å². The third-order valence-corrected chi connectivity index (χ3v) is 11.7. The summed E-state index contributed by atoms with van der Waals surface area (Å²) < 4.78 is 21.1. The number of unbranched alkanes of at least 4 members (excludes halogenated alkanes) is 13. The summed E-state index contributed by atoms with van der Waals surface area (Å²) in [6.07, 6.45) is 12.6. The highest BCUT2D eigenvalue weighted by Crippen LogP contribution is 2.14. The Balaban J connectivity index is 4.05. The van der Waals surface area contributed by atoms with Gasteiger partial charge in [0, 0.05) is 51.6 Å². The molecule has 4 atom stereocenters. The summed E-state index contributed by atoms with van der Waals surface area (Å²) in [6, 6.07) is -5.54. The van der Waals surface area contributed by atoms with Crippen LogP contribution in [0.4, 0.5) is 0 Å². The SMILES string of the molecule is CC(=O)CCC(NC(=O)CCC(NC(=O)COCCOCCNC(=O)COCCOCCNC(=O)CCC(NC(=O)CCC(NC(=O)CCCCCCCCCCCCCCCCC(=O)O)C(=O)O)C(=O)O)C(=O)O)C(=O)O. The van der Waals surface area contributed by atoms with Crippen molar-refractivity contribution in [2.75, 3.05) is 65.9 Å². The van der Waals surface area contributed by atoms with Gasteiger partial charge in [-0.05, 0) is 45.4 Å². The van der Waals surface area contributed by atoms with Gasteiger partial charge in [0.1, 0.15) is 43.2 Å². The Morgan fingerprint density at radius 3 is 0.987 bits per heavy atom. The van der Waals surface area contributed by atoms with Crippen molar-refractivity contribution in [2.45, 2.75) is 185 Å².